The van der Waals surface area contributed by atoms with Crippen LogP contribution in [0.3, 0.4) is 0 Å². The summed E-state index contributed by atoms with van der Waals surface area (Å²) in [6.07, 6.45) is 0.633. The number of hydrogen-bond acceptors (Lipinski definition) is 6. The van der Waals surface area contributed by atoms with Gasteiger partial charge in [-0.1, -0.05) is 85.8 Å². The first-order valence-corrected chi connectivity index (χ1v) is 15.5. The minimum Gasteiger partial charge on any atom is -0.481 e. The number of carboxylic acids is 1. The molecule has 3 N–H and O–H groups in total. The summed E-state index contributed by atoms with van der Waals surface area (Å²) in [5, 5.41) is 21.2. The molecule has 1 aliphatic rings. The molecule has 0 aliphatic carbocycles. The number of amides is 1. The Bertz CT molecular complexity index is 1800. The molecule has 0 saturated carbocycles. The molecule has 0 spiro atoms. The highest BCUT2D eigenvalue weighted by molar-refractivity contribution is 5.80. The monoisotopic (exact) mass is 619 g/mol. The molecular weight excluding hydrogens is 582 g/mol. The van der Waals surface area contributed by atoms with Crippen LogP contribution in [0.1, 0.15) is 54.4 Å². The number of aliphatic hydroxyl groups excluding tert-OH is 1. The number of fused-ring (bicyclic) bond motifs is 1. The third-order valence-electron chi connectivity index (χ3n) is 8.53. The number of aliphatic hydroxyl groups is 1. The molecule has 6 rings (SSSR count). The summed E-state index contributed by atoms with van der Waals surface area (Å²) in [5.74, 6) is -1.25. The first kappa shape index (κ1) is 31.2. The number of carbonyl (C=O) groups excluding carboxylic acids is 1. The summed E-state index contributed by atoms with van der Waals surface area (Å²) < 4.78 is 15.5. The van der Waals surface area contributed by atoms with Crippen LogP contribution in [0.4, 0.5) is 0 Å². The summed E-state index contributed by atoms with van der Waals surface area (Å²) in [7, 11) is 0. The van der Waals surface area contributed by atoms with Crippen molar-refractivity contribution in [3.63, 3.8) is 0 Å². The number of aliphatic carboxylic acids is 1. The van der Waals surface area contributed by atoms with Crippen LogP contribution in [0.2, 0.25) is 0 Å². The number of nitrogens with zero attached hydrogens (tertiary/aromatic N) is 2. The Balaban J connectivity index is 1.21. The Morgan fingerprint density at radius 3 is 2.37 bits per heavy atom. The number of carbonyl (C=O) groups is 2. The summed E-state index contributed by atoms with van der Waals surface area (Å²) in [6.45, 7) is 3.07. The first-order valence-electron chi connectivity index (χ1n) is 15.5. The maximum absolute atomic E-state index is 12.0. The highest BCUT2D eigenvalue weighted by Crippen LogP contribution is 2.42. The highest BCUT2D eigenvalue weighted by Gasteiger charge is 2.38. The van der Waals surface area contributed by atoms with Crippen LogP contribution >= 0.6 is 0 Å². The van der Waals surface area contributed by atoms with Crippen LogP contribution < -0.4 is 5.32 Å². The first-order chi connectivity index (χ1) is 22.4. The molecular formula is C37H37N3O6. The van der Waals surface area contributed by atoms with Gasteiger partial charge < -0.3 is 29.6 Å². The third-order valence-corrected chi connectivity index (χ3v) is 8.53. The van der Waals surface area contributed by atoms with Gasteiger partial charge in [-0.25, -0.2) is 4.98 Å². The minimum absolute atomic E-state index is 0.0138. The van der Waals surface area contributed by atoms with Crippen LogP contribution in [-0.4, -0.2) is 37.7 Å². The van der Waals surface area contributed by atoms with Crippen molar-refractivity contribution in [1.82, 2.24) is 14.9 Å². The van der Waals surface area contributed by atoms with Crippen LogP contribution in [0.5, 0.6) is 0 Å². The lowest BCUT2D eigenvalue weighted by Crippen LogP contribution is -2.39. The predicted octanol–water partition coefficient (Wildman–Crippen LogP) is 6.17. The fourth-order valence-corrected chi connectivity index (χ4v) is 5.88. The Kier molecular flexibility index (Phi) is 9.54. The van der Waals surface area contributed by atoms with Gasteiger partial charge in [0.15, 0.2) is 6.29 Å². The van der Waals surface area contributed by atoms with E-state index in [1.807, 2.05) is 97.3 Å². The zero-order chi connectivity index (χ0) is 32.0. The molecule has 0 bridgehead atoms. The van der Waals surface area contributed by atoms with E-state index in [2.05, 4.69) is 27.9 Å². The van der Waals surface area contributed by atoms with E-state index in [-0.39, 0.29) is 43.5 Å². The molecule has 46 heavy (non-hydrogen) atoms. The Morgan fingerprint density at radius 2 is 1.61 bits per heavy atom. The SMILES string of the molecule is C[C@H]1[C@@H](Cn2cnc3ccccc32)O[C@@H](c2ccc(-c3cccc(CNC(=O)CCC(=O)O)c3)cc2)O[C@H]1c1ccc(CO)cc1. The average Bonchev–Trinajstić information content (AvgIpc) is 3.50. The summed E-state index contributed by atoms with van der Waals surface area (Å²) in [5.41, 5.74) is 7.69. The number of imidazole rings is 1. The smallest absolute Gasteiger partial charge is 0.303 e. The van der Waals surface area contributed by atoms with Crippen molar-refractivity contribution in [3.05, 3.63) is 126 Å². The highest BCUT2D eigenvalue weighted by atomic mass is 16.7. The third kappa shape index (κ3) is 7.18. The molecule has 0 unspecified atom stereocenters. The Morgan fingerprint density at radius 1 is 0.848 bits per heavy atom. The summed E-state index contributed by atoms with van der Waals surface area (Å²) in [4.78, 5) is 27.3. The predicted molar refractivity (Wildman–Crippen MR) is 173 cm³/mol. The molecule has 4 atom stereocenters. The summed E-state index contributed by atoms with van der Waals surface area (Å²) in [6, 6.07) is 32.0. The fourth-order valence-electron chi connectivity index (χ4n) is 5.88. The molecule has 1 saturated heterocycles. The normalized spacial score (nSPS) is 19.6. The van der Waals surface area contributed by atoms with Crippen molar-refractivity contribution < 1.29 is 29.3 Å². The topological polar surface area (TPSA) is 123 Å². The van der Waals surface area contributed by atoms with E-state index >= 15 is 0 Å². The fraction of sp³-hybridized carbons (Fsp3) is 0.270. The molecule has 4 aromatic carbocycles. The van der Waals surface area contributed by atoms with E-state index < -0.39 is 12.3 Å². The number of carboxylic acid groups (broad SMARTS) is 1. The zero-order valence-electron chi connectivity index (χ0n) is 25.6. The van der Waals surface area contributed by atoms with Gasteiger partial charge in [-0.2, -0.15) is 0 Å². The van der Waals surface area contributed by atoms with Crippen molar-refractivity contribution >= 4 is 22.9 Å². The van der Waals surface area contributed by atoms with Gasteiger partial charge in [-0.3, -0.25) is 9.59 Å². The standard InChI is InChI=1S/C37H37N3O6/c1-24-33(21-40-23-39-31-7-2-3-8-32(31)40)45-37(46-36(24)28-11-9-25(22-41)10-12-28)29-15-13-27(14-16-29)30-6-4-5-26(19-30)20-38-34(42)17-18-35(43)44/h2-16,19,23-24,33,36-37,41H,17-18,20-22H2,1H3,(H,38,42)(H,43,44)/t24-,33+,36+,37+/m0/s1. The van der Waals surface area contributed by atoms with Gasteiger partial charge in [-0.05, 0) is 46.0 Å². The van der Waals surface area contributed by atoms with Gasteiger partial charge in [-0.15, -0.1) is 0 Å². The number of nitrogens with one attached hydrogen (secondary N) is 1. The van der Waals surface area contributed by atoms with Crippen LogP contribution in [0.25, 0.3) is 22.2 Å². The second kappa shape index (κ2) is 14.1. The minimum atomic E-state index is -0.992. The molecule has 1 amide bonds. The lowest BCUT2D eigenvalue weighted by molar-refractivity contribution is -0.276. The number of benzene rings is 4. The van der Waals surface area contributed by atoms with Crippen molar-refractivity contribution in [1.29, 1.82) is 0 Å². The molecule has 1 aliphatic heterocycles. The second-order valence-electron chi connectivity index (χ2n) is 11.7. The van der Waals surface area contributed by atoms with E-state index in [1.54, 1.807) is 0 Å². The van der Waals surface area contributed by atoms with Crippen molar-refractivity contribution in [3.8, 4) is 11.1 Å². The molecule has 1 aromatic heterocycles. The van der Waals surface area contributed by atoms with Gasteiger partial charge in [0, 0.05) is 24.4 Å². The summed E-state index contributed by atoms with van der Waals surface area (Å²) >= 11 is 0. The largest absolute Gasteiger partial charge is 0.481 e. The average molecular weight is 620 g/mol. The van der Waals surface area contributed by atoms with Crippen molar-refractivity contribution in [2.75, 3.05) is 0 Å². The lowest BCUT2D eigenvalue weighted by Gasteiger charge is -2.41. The molecule has 2 heterocycles. The number of rotatable bonds is 11. The van der Waals surface area contributed by atoms with Gasteiger partial charge in [0.1, 0.15) is 0 Å². The van der Waals surface area contributed by atoms with Gasteiger partial charge in [0.05, 0.1) is 49.1 Å². The van der Waals surface area contributed by atoms with Crippen LogP contribution in [-0.2, 0) is 38.8 Å². The van der Waals surface area contributed by atoms with Crippen molar-refractivity contribution in [2.45, 2.75) is 58.0 Å². The number of ether oxygens (including phenoxy) is 2. The van der Waals surface area contributed by atoms with E-state index in [4.69, 9.17) is 14.6 Å². The number of aromatic nitrogens is 2. The molecule has 236 valence electrons. The molecule has 9 heteroatoms. The second-order valence-corrected chi connectivity index (χ2v) is 11.7. The molecule has 5 aromatic rings. The van der Waals surface area contributed by atoms with E-state index in [0.717, 1.165) is 44.4 Å². The van der Waals surface area contributed by atoms with Crippen LogP contribution in [0, 0.1) is 5.92 Å². The molecule has 9 nitrogen and oxygen atoms in total. The molecule has 0 radical (unpaired) electrons. The lowest BCUT2D eigenvalue weighted by atomic mass is 9.90. The van der Waals surface area contributed by atoms with Gasteiger partial charge >= 0.3 is 5.97 Å². The number of hydrogen-bond donors (Lipinski definition) is 3. The quantitative estimate of drug-likeness (QED) is 0.162. The Hall–Kier alpha value is -4.83. The zero-order valence-corrected chi connectivity index (χ0v) is 25.6. The number of para-hydroxylation sites is 2. The van der Waals surface area contributed by atoms with E-state index in [9.17, 15) is 14.7 Å². The van der Waals surface area contributed by atoms with E-state index in [1.165, 1.54) is 0 Å². The van der Waals surface area contributed by atoms with Crippen molar-refractivity contribution in [2.24, 2.45) is 5.92 Å². The van der Waals surface area contributed by atoms with Crippen LogP contribution in [0.15, 0.2) is 103 Å². The Labute approximate surface area is 267 Å². The molecule has 1 fully saturated rings. The van der Waals surface area contributed by atoms with Gasteiger partial charge in [0.2, 0.25) is 5.91 Å². The van der Waals surface area contributed by atoms with Gasteiger partial charge in [0.25, 0.3) is 0 Å². The maximum Gasteiger partial charge on any atom is 0.303 e. The van der Waals surface area contributed by atoms with E-state index in [0.29, 0.717) is 13.1 Å². The maximum atomic E-state index is 12.0.